The predicted molar refractivity (Wildman–Crippen MR) is 79.2 cm³/mol. The molecule has 0 aromatic heterocycles. The van der Waals surface area contributed by atoms with Crippen LogP contribution in [0.1, 0.15) is 18.4 Å². The molecule has 0 spiro atoms. The van der Waals surface area contributed by atoms with E-state index in [0.717, 1.165) is 12.0 Å². The molecule has 0 atom stereocenters. The Balaban J connectivity index is 2.61. The van der Waals surface area contributed by atoms with Crippen LogP contribution in [-0.4, -0.2) is 50.4 Å². The van der Waals surface area contributed by atoms with Gasteiger partial charge in [0, 0.05) is 24.2 Å². The van der Waals surface area contributed by atoms with Crippen molar-refractivity contribution in [3.8, 4) is 0 Å². The van der Waals surface area contributed by atoms with E-state index < -0.39 is 5.41 Å². The number of aliphatic hydroxyl groups is 2. The number of hydrogen-bond acceptors (Lipinski definition) is 4. The summed E-state index contributed by atoms with van der Waals surface area (Å²) in [5.74, 6) is 0. The Bertz CT molecular complexity index is 380. The molecule has 20 heavy (non-hydrogen) atoms. The van der Waals surface area contributed by atoms with Crippen LogP contribution in [0, 0.1) is 0 Å². The Hall–Kier alpha value is -0.650. The summed E-state index contributed by atoms with van der Waals surface area (Å²) < 4.78 is 10.3. The van der Waals surface area contributed by atoms with Gasteiger partial charge in [0.05, 0.1) is 26.4 Å². The van der Waals surface area contributed by atoms with Gasteiger partial charge in [0.25, 0.3) is 0 Å². The summed E-state index contributed by atoms with van der Waals surface area (Å²) in [5, 5.41) is 20.0. The summed E-state index contributed by atoms with van der Waals surface area (Å²) in [6.45, 7) is 1.38. The molecule has 0 heterocycles. The van der Waals surface area contributed by atoms with E-state index in [-0.39, 0.29) is 13.2 Å². The molecule has 0 saturated carbocycles. The molecule has 0 aliphatic rings. The van der Waals surface area contributed by atoms with E-state index in [1.807, 2.05) is 18.2 Å². The summed E-state index contributed by atoms with van der Waals surface area (Å²) in [6, 6.07) is 7.31. The van der Waals surface area contributed by atoms with E-state index >= 15 is 0 Å². The maximum absolute atomic E-state index is 9.72. The smallest absolute Gasteiger partial charge is 0.0700 e. The number of halogens is 1. The Morgan fingerprint density at radius 1 is 1.10 bits per heavy atom. The van der Waals surface area contributed by atoms with Crippen molar-refractivity contribution in [3.05, 3.63) is 34.9 Å². The highest BCUT2D eigenvalue weighted by Gasteiger charge is 2.32. The first-order valence-electron chi connectivity index (χ1n) is 6.73. The molecule has 4 nitrogen and oxygen atoms in total. The van der Waals surface area contributed by atoms with Crippen molar-refractivity contribution in [2.45, 2.75) is 18.3 Å². The number of hydrogen-bond donors (Lipinski definition) is 2. The third-order valence-corrected chi connectivity index (χ3v) is 3.76. The zero-order valence-electron chi connectivity index (χ0n) is 11.8. The first kappa shape index (κ1) is 17.4. The monoisotopic (exact) mass is 302 g/mol. The van der Waals surface area contributed by atoms with Crippen molar-refractivity contribution in [1.82, 2.24) is 0 Å². The highest BCUT2D eigenvalue weighted by molar-refractivity contribution is 6.31. The lowest BCUT2D eigenvalue weighted by molar-refractivity contribution is 0.0571. The van der Waals surface area contributed by atoms with E-state index in [1.165, 1.54) is 0 Å². The second-order valence-corrected chi connectivity index (χ2v) is 5.19. The molecule has 2 N–H and O–H groups in total. The highest BCUT2D eigenvalue weighted by atomic mass is 35.5. The molecule has 0 aliphatic carbocycles. The molecule has 0 amide bonds. The first-order chi connectivity index (χ1) is 9.70. The van der Waals surface area contributed by atoms with Gasteiger partial charge in [0.1, 0.15) is 0 Å². The fraction of sp³-hybridized carbons (Fsp3) is 0.600. The minimum atomic E-state index is -0.719. The van der Waals surface area contributed by atoms with Crippen molar-refractivity contribution in [2.75, 3.05) is 40.1 Å². The molecule has 114 valence electrons. The number of rotatable bonds is 10. The van der Waals surface area contributed by atoms with Crippen molar-refractivity contribution in [2.24, 2.45) is 0 Å². The second-order valence-electron chi connectivity index (χ2n) is 4.79. The molecule has 0 aliphatic heterocycles. The van der Waals surface area contributed by atoms with Crippen LogP contribution in [0.4, 0.5) is 0 Å². The Morgan fingerprint density at radius 2 is 1.80 bits per heavy atom. The number of ether oxygens (including phenoxy) is 2. The lowest BCUT2D eigenvalue weighted by Crippen LogP contribution is -2.35. The second kappa shape index (κ2) is 9.32. The minimum absolute atomic E-state index is 0.148. The molecule has 1 rings (SSSR count). The molecule has 0 unspecified atom stereocenters. The third-order valence-electron chi connectivity index (χ3n) is 3.43. The van der Waals surface area contributed by atoms with Crippen LogP contribution in [0.25, 0.3) is 0 Å². The minimum Gasteiger partial charge on any atom is -0.395 e. The molecule has 1 aromatic rings. The Kier molecular flexibility index (Phi) is 8.11. The van der Waals surface area contributed by atoms with Crippen molar-refractivity contribution in [1.29, 1.82) is 0 Å². The van der Waals surface area contributed by atoms with E-state index in [4.69, 9.17) is 21.1 Å². The zero-order valence-corrected chi connectivity index (χ0v) is 12.6. The highest BCUT2D eigenvalue weighted by Crippen LogP contribution is 2.33. The first-order valence-corrected chi connectivity index (χ1v) is 7.11. The van der Waals surface area contributed by atoms with Gasteiger partial charge >= 0.3 is 0 Å². The zero-order chi connectivity index (χ0) is 14.8. The van der Waals surface area contributed by atoms with Crippen LogP contribution in [-0.2, 0) is 14.9 Å². The summed E-state index contributed by atoms with van der Waals surface area (Å²) in [6.07, 6.45) is 1.34. The average Bonchev–Trinajstić information content (AvgIpc) is 2.48. The molecule has 0 bridgehead atoms. The Labute approximate surface area is 125 Å². The fourth-order valence-corrected chi connectivity index (χ4v) is 2.50. The average molecular weight is 303 g/mol. The van der Waals surface area contributed by atoms with Gasteiger partial charge in [-0.15, -0.1) is 0 Å². The third kappa shape index (κ3) is 4.72. The molecular weight excluding hydrogens is 280 g/mol. The van der Waals surface area contributed by atoms with Gasteiger partial charge in [0.2, 0.25) is 0 Å². The normalized spacial score (nSPS) is 11.8. The summed E-state index contributed by atoms with van der Waals surface area (Å²) in [5.41, 5.74) is 0.0618. The standard InChI is InChI=1S/C15H23ClO4/c1-19-9-10-20-8-4-7-15(11-17,12-18)13-5-2-3-6-14(13)16/h2-3,5-6,17-18H,4,7-12H2,1H3. The summed E-state index contributed by atoms with van der Waals surface area (Å²) in [4.78, 5) is 0. The van der Waals surface area contributed by atoms with Crippen LogP contribution in [0.3, 0.4) is 0 Å². The van der Waals surface area contributed by atoms with Gasteiger partial charge < -0.3 is 19.7 Å². The Morgan fingerprint density at radius 3 is 2.40 bits per heavy atom. The summed E-state index contributed by atoms with van der Waals surface area (Å²) in [7, 11) is 1.63. The van der Waals surface area contributed by atoms with Crippen molar-refractivity contribution < 1.29 is 19.7 Å². The van der Waals surface area contributed by atoms with Crippen LogP contribution < -0.4 is 0 Å². The lowest BCUT2D eigenvalue weighted by atomic mass is 9.78. The molecule has 0 saturated heterocycles. The predicted octanol–water partition coefficient (Wildman–Crippen LogP) is 2.01. The van der Waals surface area contributed by atoms with Crippen LogP contribution in [0.2, 0.25) is 5.02 Å². The van der Waals surface area contributed by atoms with Gasteiger partial charge in [-0.2, -0.15) is 0 Å². The lowest BCUT2D eigenvalue weighted by Gasteiger charge is -2.31. The SMILES string of the molecule is COCCOCCCC(CO)(CO)c1ccccc1Cl. The summed E-state index contributed by atoms with van der Waals surface area (Å²) >= 11 is 6.18. The maximum Gasteiger partial charge on any atom is 0.0700 e. The van der Waals surface area contributed by atoms with Crippen molar-refractivity contribution >= 4 is 11.6 Å². The maximum atomic E-state index is 9.72. The van der Waals surface area contributed by atoms with Crippen LogP contribution in [0.5, 0.6) is 0 Å². The largest absolute Gasteiger partial charge is 0.395 e. The van der Waals surface area contributed by atoms with Gasteiger partial charge in [-0.3, -0.25) is 0 Å². The van der Waals surface area contributed by atoms with Crippen molar-refractivity contribution in [3.63, 3.8) is 0 Å². The van der Waals surface area contributed by atoms with Crippen LogP contribution >= 0.6 is 11.6 Å². The number of aliphatic hydroxyl groups excluding tert-OH is 2. The van der Waals surface area contributed by atoms with E-state index in [9.17, 15) is 10.2 Å². The number of methoxy groups -OCH3 is 1. The van der Waals surface area contributed by atoms with E-state index in [2.05, 4.69) is 0 Å². The van der Waals surface area contributed by atoms with Gasteiger partial charge in [-0.05, 0) is 24.5 Å². The van der Waals surface area contributed by atoms with Gasteiger partial charge in [0.15, 0.2) is 0 Å². The molecule has 0 fully saturated rings. The fourth-order valence-electron chi connectivity index (χ4n) is 2.16. The molecule has 0 radical (unpaired) electrons. The van der Waals surface area contributed by atoms with E-state index in [0.29, 0.717) is 31.3 Å². The molecule has 1 aromatic carbocycles. The number of benzene rings is 1. The van der Waals surface area contributed by atoms with Gasteiger partial charge in [-0.1, -0.05) is 29.8 Å². The molecule has 5 heteroatoms. The quantitative estimate of drug-likeness (QED) is 0.649. The van der Waals surface area contributed by atoms with Crippen LogP contribution in [0.15, 0.2) is 24.3 Å². The van der Waals surface area contributed by atoms with E-state index in [1.54, 1.807) is 13.2 Å². The van der Waals surface area contributed by atoms with Gasteiger partial charge in [-0.25, -0.2) is 0 Å². The topological polar surface area (TPSA) is 58.9 Å². The molecular formula is C15H23ClO4.